The predicted molar refractivity (Wildman–Crippen MR) is 92.0 cm³/mol. The molecule has 0 heterocycles. The van der Waals surface area contributed by atoms with E-state index >= 15 is 0 Å². The molecule has 0 fully saturated rings. The minimum Gasteiger partial charge on any atom is -0.460 e. The van der Waals surface area contributed by atoms with Gasteiger partial charge in [0.2, 0.25) is 0 Å². The smallest absolute Gasteiger partial charge is 0.306 e. The van der Waals surface area contributed by atoms with Crippen LogP contribution >= 0.6 is 0 Å². The van der Waals surface area contributed by atoms with Gasteiger partial charge in [-0.15, -0.1) is 0 Å². The molecule has 136 valence electrons. The molecule has 0 radical (unpaired) electrons. The van der Waals surface area contributed by atoms with E-state index in [1.165, 1.54) is 0 Å². The van der Waals surface area contributed by atoms with E-state index in [-0.39, 0.29) is 24.8 Å². The van der Waals surface area contributed by atoms with Gasteiger partial charge in [-0.1, -0.05) is 13.3 Å². The lowest BCUT2D eigenvalue weighted by Crippen LogP contribution is -2.41. The van der Waals surface area contributed by atoms with Crippen molar-refractivity contribution < 1.29 is 19.1 Å². The van der Waals surface area contributed by atoms with Gasteiger partial charge >= 0.3 is 11.9 Å². The van der Waals surface area contributed by atoms with Crippen LogP contribution in [0.5, 0.6) is 0 Å². The molecule has 0 saturated heterocycles. The summed E-state index contributed by atoms with van der Waals surface area (Å²) in [5.74, 6) is -0.499. The predicted octanol–water partition coefficient (Wildman–Crippen LogP) is 3.73. The molecule has 0 saturated carbocycles. The Hall–Kier alpha value is -1.10. The van der Waals surface area contributed by atoms with E-state index in [9.17, 15) is 9.59 Å². The first kappa shape index (κ1) is 21.9. The van der Waals surface area contributed by atoms with Gasteiger partial charge in [0.1, 0.15) is 11.2 Å². The summed E-state index contributed by atoms with van der Waals surface area (Å²) in [5, 5.41) is 0. The fourth-order valence-corrected chi connectivity index (χ4v) is 2.36. The second kappa shape index (κ2) is 8.67. The summed E-state index contributed by atoms with van der Waals surface area (Å²) in [6.45, 7) is 13.1. The maximum absolute atomic E-state index is 11.9. The number of carbonyl (C=O) groups is 2. The van der Waals surface area contributed by atoms with E-state index in [4.69, 9.17) is 15.2 Å². The first-order chi connectivity index (χ1) is 10.3. The first-order valence-electron chi connectivity index (χ1n) is 8.49. The molecule has 23 heavy (non-hydrogen) atoms. The van der Waals surface area contributed by atoms with Gasteiger partial charge in [0.25, 0.3) is 0 Å². The molecule has 2 N–H and O–H groups in total. The zero-order valence-electron chi connectivity index (χ0n) is 16.0. The number of nitrogens with two attached hydrogens (primary N) is 1. The van der Waals surface area contributed by atoms with Gasteiger partial charge in [0.05, 0.1) is 0 Å². The van der Waals surface area contributed by atoms with Crippen LogP contribution in [0.2, 0.25) is 0 Å². The Morgan fingerprint density at radius 3 is 1.39 bits per heavy atom. The summed E-state index contributed by atoms with van der Waals surface area (Å²) < 4.78 is 10.6. The molecule has 0 aliphatic heterocycles. The third-order valence-corrected chi connectivity index (χ3v) is 3.24. The fraction of sp³-hybridized carbons (Fsp3) is 0.889. The van der Waals surface area contributed by atoms with Crippen LogP contribution in [-0.4, -0.2) is 28.7 Å². The fourth-order valence-electron chi connectivity index (χ4n) is 2.36. The monoisotopic (exact) mass is 329 g/mol. The summed E-state index contributed by atoms with van der Waals surface area (Å²) in [7, 11) is 0. The molecule has 5 nitrogen and oxygen atoms in total. The summed E-state index contributed by atoms with van der Waals surface area (Å²) >= 11 is 0. The van der Waals surface area contributed by atoms with Crippen LogP contribution in [0.1, 0.15) is 87.0 Å². The van der Waals surface area contributed by atoms with E-state index < -0.39 is 16.7 Å². The van der Waals surface area contributed by atoms with Crippen LogP contribution in [0.25, 0.3) is 0 Å². The van der Waals surface area contributed by atoms with Gasteiger partial charge in [-0.2, -0.15) is 0 Å². The average Bonchev–Trinajstić information content (AvgIpc) is 2.31. The maximum atomic E-state index is 11.9. The third kappa shape index (κ3) is 12.0. The van der Waals surface area contributed by atoms with E-state index in [0.29, 0.717) is 12.8 Å². The van der Waals surface area contributed by atoms with Crippen LogP contribution in [0, 0.1) is 0 Å². The van der Waals surface area contributed by atoms with Gasteiger partial charge in [-0.3, -0.25) is 9.59 Å². The van der Waals surface area contributed by atoms with Crippen molar-refractivity contribution in [1.29, 1.82) is 0 Å². The zero-order valence-corrected chi connectivity index (χ0v) is 16.0. The number of ether oxygens (including phenoxy) is 2. The van der Waals surface area contributed by atoms with Crippen molar-refractivity contribution in [2.45, 2.75) is 104 Å². The third-order valence-electron chi connectivity index (χ3n) is 3.24. The van der Waals surface area contributed by atoms with Gasteiger partial charge in [-0.25, -0.2) is 0 Å². The van der Waals surface area contributed by atoms with Crippen LogP contribution < -0.4 is 5.73 Å². The van der Waals surface area contributed by atoms with Gasteiger partial charge in [0, 0.05) is 18.4 Å². The topological polar surface area (TPSA) is 78.6 Å². The summed E-state index contributed by atoms with van der Waals surface area (Å²) in [4.78, 5) is 23.7. The van der Waals surface area contributed by atoms with Crippen molar-refractivity contribution in [2.24, 2.45) is 5.73 Å². The molecule has 0 amide bonds. The molecule has 0 atom stereocenters. The van der Waals surface area contributed by atoms with Crippen LogP contribution in [0.15, 0.2) is 0 Å². The molecule has 0 rings (SSSR count). The molecule has 0 bridgehead atoms. The highest BCUT2D eigenvalue weighted by Gasteiger charge is 2.28. The number of hydrogen-bond acceptors (Lipinski definition) is 5. The Bertz CT molecular complexity index is 359. The first-order valence-corrected chi connectivity index (χ1v) is 8.49. The molecular formula is C18H35NO4. The van der Waals surface area contributed by atoms with Gasteiger partial charge in [0.15, 0.2) is 0 Å². The minimum atomic E-state index is -0.539. The molecule has 5 heteroatoms. The van der Waals surface area contributed by atoms with Crippen molar-refractivity contribution in [3.05, 3.63) is 0 Å². The number of rotatable bonds is 8. The van der Waals surface area contributed by atoms with Crippen molar-refractivity contribution in [2.75, 3.05) is 0 Å². The molecule has 0 aliphatic rings. The van der Waals surface area contributed by atoms with Crippen molar-refractivity contribution >= 4 is 11.9 Å². The SMILES string of the molecule is CCCC(N)(CCC(=O)OC(C)(C)C)CCC(=O)OC(C)(C)C. The van der Waals surface area contributed by atoms with Crippen molar-refractivity contribution in [3.8, 4) is 0 Å². The van der Waals surface area contributed by atoms with Crippen LogP contribution in [0.4, 0.5) is 0 Å². The Labute approximate surface area is 141 Å². The highest BCUT2D eigenvalue weighted by molar-refractivity contribution is 5.70. The van der Waals surface area contributed by atoms with E-state index in [1.54, 1.807) is 0 Å². The lowest BCUT2D eigenvalue weighted by Gasteiger charge is -2.30. The summed E-state index contributed by atoms with van der Waals surface area (Å²) in [6, 6.07) is 0. The standard InChI is InChI=1S/C18H35NO4/c1-8-11-18(19,12-9-14(20)22-16(2,3)4)13-10-15(21)23-17(5,6)7/h8-13,19H2,1-7H3. The van der Waals surface area contributed by atoms with E-state index in [1.807, 2.05) is 48.5 Å². The number of esters is 2. The molecule has 0 aromatic heterocycles. The normalized spacial score (nSPS) is 12.9. The van der Waals surface area contributed by atoms with E-state index in [2.05, 4.69) is 0 Å². The lowest BCUT2D eigenvalue weighted by atomic mass is 9.85. The zero-order chi connectivity index (χ0) is 18.3. The largest absolute Gasteiger partial charge is 0.460 e. The molecule has 0 aromatic carbocycles. The van der Waals surface area contributed by atoms with Crippen LogP contribution in [0.3, 0.4) is 0 Å². The Kier molecular flexibility index (Phi) is 8.25. The van der Waals surface area contributed by atoms with Gasteiger partial charge in [-0.05, 0) is 60.8 Å². The average molecular weight is 329 g/mol. The van der Waals surface area contributed by atoms with E-state index in [0.717, 1.165) is 12.8 Å². The highest BCUT2D eigenvalue weighted by Crippen LogP contribution is 2.24. The molecule has 0 unspecified atom stereocenters. The Morgan fingerprint density at radius 1 is 0.783 bits per heavy atom. The lowest BCUT2D eigenvalue weighted by molar-refractivity contribution is -0.155. The maximum Gasteiger partial charge on any atom is 0.306 e. The quantitative estimate of drug-likeness (QED) is 0.686. The summed E-state index contributed by atoms with van der Waals surface area (Å²) in [5.41, 5.74) is 4.90. The molecule has 0 spiro atoms. The second-order valence-electron chi connectivity index (χ2n) is 8.29. The van der Waals surface area contributed by atoms with Crippen LogP contribution in [-0.2, 0) is 19.1 Å². The molecule has 0 aromatic rings. The summed E-state index contributed by atoms with van der Waals surface area (Å²) in [6.07, 6.45) is 3.22. The minimum absolute atomic E-state index is 0.249. The highest BCUT2D eigenvalue weighted by atomic mass is 16.6. The van der Waals surface area contributed by atoms with Gasteiger partial charge < -0.3 is 15.2 Å². The van der Waals surface area contributed by atoms with Crippen molar-refractivity contribution in [1.82, 2.24) is 0 Å². The van der Waals surface area contributed by atoms with Crippen molar-refractivity contribution in [3.63, 3.8) is 0 Å². The molecule has 0 aliphatic carbocycles. The molecular weight excluding hydrogens is 294 g/mol. The number of carbonyl (C=O) groups excluding carboxylic acids is 2. The second-order valence-corrected chi connectivity index (χ2v) is 8.29. The number of hydrogen-bond donors (Lipinski definition) is 1. The Balaban J connectivity index is 4.50. The Morgan fingerprint density at radius 2 is 1.13 bits per heavy atom.